The zero-order chi connectivity index (χ0) is 28.9. The Morgan fingerprint density at radius 1 is 1.02 bits per heavy atom. The van der Waals surface area contributed by atoms with Gasteiger partial charge in [0.2, 0.25) is 0 Å². The molecule has 0 aromatic heterocycles. The number of benzene rings is 2. The Morgan fingerprint density at radius 3 is 2.37 bits per heavy atom. The molecule has 3 fully saturated rings. The summed E-state index contributed by atoms with van der Waals surface area (Å²) in [6.07, 6.45) is 3.09. The second kappa shape index (κ2) is 13.2. The molecule has 7 nitrogen and oxygen atoms in total. The minimum atomic E-state index is -3.04. The highest BCUT2D eigenvalue weighted by atomic mass is 35.5. The fraction of sp³-hybridized carbons (Fsp3) is 0.484. The van der Waals surface area contributed by atoms with Crippen LogP contribution in [0.1, 0.15) is 32.1 Å². The van der Waals surface area contributed by atoms with Gasteiger partial charge in [-0.1, -0.05) is 36.2 Å². The number of piperidine rings is 1. The van der Waals surface area contributed by atoms with Crippen molar-refractivity contribution in [2.75, 3.05) is 55.6 Å². The van der Waals surface area contributed by atoms with Crippen molar-refractivity contribution in [3.63, 3.8) is 0 Å². The minimum absolute atomic E-state index is 0.365. The summed E-state index contributed by atoms with van der Waals surface area (Å²) in [5, 5.41) is 9.89. The van der Waals surface area contributed by atoms with Gasteiger partial charge in [-0.2, -0.15) is 0 Å². The minimum Gasteiger partial charge on any atom is -0.478 e. The number of carboxylic acids is 1. The maximum absolute atomic E-state index is 13.7. The number of aliphatic imine (C=N–C) groups is 1. The number of halogens is 3. The largest absolute Gasteiger partial charge is 0.478 e. The average Bonchev–Trinajstić information content (AvgIpc) is 2.95. The molecular weight excluding hydrogens is 548 g/mol. The van der Waals surface area contributed by atoms with Gasteiger partial charge in [-0.15, -0.1) is 0 Å². The standard InChI is InChI=1S/C31H38ClF2N5O2/c32-23-8-11-26(22-6-9-25(10-7-22)38-15-13-37(14-16-38)19-21-3-1-4-21)28(17-23)39-12-2-5-24(20-39)36-29(30(33)34)27(18-35)31(40)41/h6-11,17-18,21,24,30H,1-5,12-16,19-20,35H2,(H,40,41). The molecule has 0 bridgehead atoms. The van der Waals surface area contributed by atoms with Crippen molar-refractivity contribution in [3.05, 3.63) is 59.3 Å². The van der Waals surface area contributed by atoms with Gasteiger partial charge in [0.05, 0.1) is 6.04 Å². The van der Waals surface area contributed by atoms with Gasteiger partial charge in [0.15, 0.2) is 0 Å². The van der Waals surface area contributed by atoms with Crippen LogP contribution in [0.25, 0.3) is 11.1 Å². The molecule has 5 rings (SSSR count). The third-order valence-electron chi connectivity index (χ3n) is 8.56. The molecule has 41 heavy (non-hydrogen) atoms. The molecule has 2 saturated heterocycles. The van der Waals surface area contributed by atoms with Gasteiger partial charge >= 0.3 is 5.97 Å². The first-order valence-corrected chi connectivity index (χ1v) is 14.8. The quantitative estimate of drug-likeness (QED) is 0.297. The SMILES string of the molecule is NC=C(C(=O)O)C(=NC1CCCN(c2cc(Cl)ccc2-c2ccc(N3CCN(CC4CCC4)CC3)cc2)C1)C(F)F. The van der Waals surface area contributed by atoms with Crippen LogP contribution in [0.4, 0.5) is 20.2 Å². The lowest BCUT2D eigenvalue weighted by Crippen LogP contribution is -2.48. The molecule has 0 radical (unpaired) electrons. The molecule has 2 aromatic rings. The summed E-state index contributed by atoms with van der Waals surface area (Å²) in [5.74, 6) is -0.622. The van der Waals surface area contributed by atoms with Crippen LogP contribution in [0.2, 0.25) is 5.02 Å². The van der Waals surface area contributed by atoms with E-state index in [0.717, 1.165) is 55.3 Å². The Balaban J connectivity index is 1.31. The van der Waals surface area contributed by atoms with Gasteiger partial charge in [-0.3, -0.25) is 9.89 Å². The predicted octanol–water partition coefficient (Wildman–Crippen LogP) is 5.53. The summed E-state index contributed by atoms with van der Waals surface area (Å²) in [7, 11) is 0. The van der Waals surface area contributed by atoms with Crippen LogP contribution in [0, 0.1) is 5.92 Å². The Bertz CT molecular complexity index is 1270. The van der Waals surface area contributed by atoms with Crippen LogP contribution in [-0.4, -0.2) is 80.0 Å². The summed E-state index contributed by atoms with van der Waals surface area (Å²) >= 11 is 6.41. The number of piperazine rings is 1. The highest BCUT2D eigenvalue weighted by Gasteiger charge is 2.28. The third kappa shape index (κ3) is 7.01. The van der Waals surface area contributed by atoms with Crippen molar-refractivity contribution < 1.29 is 18.7 Å². The van der Waals surface area contributed by atoms with Crippen LogP contribution in [0.15, 0.2) is 59.2 Å². The van der Waals surface area contributed by atoms with Gasteiger partial charge in [-0.25, -0.2) is 13.6 Å². The Labute approximate surface area is 245 Å². The van der Waals surface area contributed by atoms with E-state index in [1.54, 1.807) is 0 Å². The van der Waals surface area contributed by atoms with E-state index in [2.05, 4.69) is 44.0 Å². The normalized spacial score (nSPS) is 21.3. The first kappa shape index (κ1) is 29.3. The zero-order valence-corrected chi connectivity index (χ0v) is 23.9. The fourth-order valence-electron chi connectivity index (χ4n) is 6.08. The molecule has 220 valence electrons. The van der Waals surface area contributed by atoms with E-state index in [1.165, 1.54) is 31.5 Å². The Morgan fingerprint density at radius 2 is 1.76 bits per heavy atom. The molecule has 1 unspecified atom stereocenters. The van der Waals surface area contributed by atoms with Crippen molar-refractivity contribution in [2.24, 2.45) is 16.6 Å². The van der Waals surface area contributed by atoms with Gasteiger partial charge < -0.3 is 20.6 Å². The van der Waals surface area contributed by atoms with Crippen molar-refractivity contribution >= 4 is 34.7 Å². The van der Waals surface area contributed by atoms with Crippen LogP contribution >= 0.6 is 11.6 Å². The number of carbonyl (C=O) groups is 1. The van der Waals surface area contributed by atoms with Crippen molar-refractivity contribution in [3.8, 4) is 11.1 Å². The molecule has 10 heteroatoms. The second-order valence-corrected chi connectivity index (χ2v) is 11.7. The van der Waals surface area contributed by atoms with Crippen LogP contribution in [-0.2, 0) is 4.79 Å². The van der Waals surface area contributed by atoms with Crippen molar-refractivity contribution in [1.29, 1.82) is 0 Å². The topological polar surface area (TPSA) is 85.4 Å². The molecule has 2 aromatic carbocycles. The first-order chi connectivity index (χ1) is 19.8. The lowest BCUT2D eigenvalue weighted by Gasteiger charge is -2.39. The van der Waals surface area contributed by atoms with E-state index in [0.29, 0.717) is 30.7 Å². The lowest BCUT2D eigenvalue weighted by molar-refractivity contribution is -0.132. The second-order valence-electron chi connectivity index (χ2n) is 11.2. The van der Waals surface area contributed by atoms with Crippen LogP contribution in [0.5, 0.6) is 0 Å². The van der Waals surface area contributed by atoms with E-state index < -0.39 is 29.7 Å². The third-order valence-corrected chi connectivity index (χ3v) is 8.79. The highest BCUT2D eigenvalue weighted by Crippen LogP contribution is 2.36. The molecule has 0 amide bonds. The van der Waals surface area contributed by atoms with E-state index in [-0.39, 0.29) is 0 Å². The molecule has 2 aliphatic heterocycles. The van der Waals surface area contributed by atoms with E-state index in [4.69, 9.17) is 17.3 Å². The molecule has 1 saturated carbocycles. The summed E-state index contributed by atoms with van der Waals surface area (Å²) in [6.45, 7) is 6.56. The first-order valence-electron chi connectivity index (χ1n) is 14.5. The number of rotatable bonds is 9. The maximum Gasteiger partial charge on any atom is 0.339 e. The number of hydrogen-bond donors (Lipinski definition) is 2. The maximum atomic E-state index is 13.7. The number of aliphatic carboxylic acids is 1. The number of nitrogens with zero attached hydrogens (tertiary/aromatic N) is 4. The van der Waals surface area contributed by atoms with E-state index in [9.17, 15) is 18.7 Å². The van der Waals surface area contributed by atoms with Gasteiger partial charge in [0.25, 0.3) is 6.43 Å². The Kier molecular flexibility index (Phi) is 9.45. The van der Waals surface area contributed by atoms with Crippen molar-refractivity contribution in [2.45, 2.75) is 44.6 Å². The number of carboxylic acid groups (broad SMARTS) is 1. The predicted molar refractivity (Wildman–Crippen MR) is 161 cm³/mol. The van der Waals surface area contributed by atoms with Gasteiger partial charge in [0, 0.05) is 74.0 Å². The molecule has 3 N–H and O–H groups in total. The van der Waals surface area contributed by atoms with Crippen molar-refractivity contribution in [1.82, 2.24) is 4.90 Å². The monoisotopic (exact) mass is 585 g/mol. The molecule has 3 aliphatic rings. The average molecular weight is 586 g/mol. The summed E-state index contributed by atoms with van der Waals surface area (Å²) in [5.41, 5.74) is 8.05. The highest BCUT2D eigenvalue weighted by molar-refractivity contribution is 6.31. The smallest absolute Gasteiger partial charge is 0.339 e. The molecular formula is C31H38ClF2N5O2. The number of hydrogen-bond acceptors (Lipinski definition) is 6. The van der Waals surface area contributed by atoms with E-state index >= 15 is 0 Å². The molecule has 1 atom stereocenters. The molecule has 0 spiro atoms. The molecule has 2 heterocycles. The van der Waals surface area contributed by atoms with E-state index in [1.807, 2.05) is 18.2 Å². The number of alkyl halides is 2. The lowest BCUT2D eigenvalue weighted by atomic mass is 9.85. The fourth-order valence-corrected chi connectivity index (χ4v) is 6.24. The van der Waals surface area contributed by atoms with Crippen LogP contribution < -0.4 is 15.5 Å². The number of nitrogens with two attached hydrogens (primary N) is 1. The summed E-state index contributed by atoms with van der Waals surface area (Å²) in [6, 6.07) is 13.8. The van der Waals surface area contributed by atoms with Gasteiger partial charge in [0.1, 0.15) is 11.3 Å². The van der Waals surface area contributed by atoms with Gasteiger partial charge in [-0.05, 0) is 61.4 Å². The summed E-state index contributed by atoms with van der Waals surface area (Å²) in [4.78, 5) is 22.8. The summed E-state index contributed by atoms with van der Waals surface area (Å²) < 4.78 is 27.5. The zero-order valence-electron chi connectivity index (χ0n) is 23.2. The number of anilines is 2. The van der Waals surface area contributed by atoms with Crippen LogP contribution in [0.3, 0.4) is 0 Å². The Hall–Kier alpha value is -3.17. The molecule has 1 aliphatic carbocycles.